The fourth-order valence-electron chi connectivity index (χ4n) is 4.58. The maximum Gasteiger partial charge on any atom is 0.410 e. The molecule has 0 radical (unpaired) electrons. The predicted molar refractivity (Wildman–Crippen MR) is 131 cm³/mol. The molecule has 4 rings (SSSR count). The lowest BCUT2D eigenvalue weighted by Crippen LogP contribution is -2.47. The van der Waals surface area contributed by atoms with Crippen molar-refractivity contribution >= 4 is 33.3 Å². The molecule has 1 aromatic carbocycles. The van der Waals surface area contributed by atoms with E-state index in [1.54, 1.807) is 11.0 Å². The first-order chi connectivity index (χ1) is 16.3. The molecular weight excluding hydrogens is 473 g/mol. The van der Waals surface area contributed by atoms with Crippen LogP contribution in [-0.2, 0) is 21.0 Å². The number of carbonyl (C=O) groups excluding carboxylic acids is 1. The molecule has 1 aromatic heterocycles. The molecular formula is C24H32FN5O4S. The molecule has 0 aliphatic carbocycles. The number of aromatic nitrogens is 2. The normalized spacial score (nSPS) is 16.9. The molecule has 0 bridgehead atoms. The Bertz CT molecular complexity index is 1220. The number of ether oxygens (including phenoxy) is 1. The fraction of sp³-hybridized carbons (Fsp3) is 0.542. The third kappa shape index (κ3) is 5.34. The van der Waals surface area contributed by atoms with Crippen LogP contribution in [0.15, 0.2) is 29.4 Å². The van der Waals surface area contributed by atoms with Gasteiger partial charge in [0.1, 0.15) is 34.3 Å². The number of likely N-dealkylation sites (tertiary alicyclic amines) is 1. The van der Waals surface area contributed by atoms with E-state index >= 15 is 0 Å². The predicted octanol–water partition coefficient (Wildman–Crippen LogP) is 3.55. The first-order valence-corrected chi connectivity index (χ1v) is 13.6. The highest BCUT2D eigenvalue weighted by molar-refractivity contribution is 7.90. The molecule has 11 heteroatoms. The van der Waals surface area contributed by atoms with Crippen LogP contribution >= 0.6 is 0 Å². The molecule has 9 nitrogen and oxygen atoms in total. The van der Waals surface area contributed by atoms with Gasteiger partial charge in [0.15, 0.2) is 9.84 Å². The number of fused-ring (bicyclic) bond motifs is 1. The van der Waals surface area contributed by atoms with Crippen LogP contribution in [0.3, 0.4) is 0 Å². The number of rotatable bonds is 4. The van der Waals surface area contributed by atoms with Gasteiger partial charge in [-0.05, 0) is 52.2 Å². The summed E-state index contributed by atoms with van der Waals surface area (Å²) in [6.45, 7) is 7.27. The minimum Gasteiger partial charge on any atom is -0.444 e. The van der Waals surface area contributed by atoms with Crippen molar-refractivity contribution in [1.82, 2.24) is 14.9 Å². The summed E-state index contributed by atoms with van der Waals surface area (Å²) in [6.07, 6.45) is 4.15. The van der Waals surface area contributed by atoms with Crippen LogP contribution in [0.1, 0.15) is 39.2 Å². The van der Waals surface area contributed by atoms with Crippen LogP contribution in [0, 0.1) is 5.82 Å². The first kappa shape index (κ1) is 25.2. The number of sulfone groups is 1. The van der Waals surface area contributed by atoms with Gasteiger partial charge in [0, 0.05) is 56.3 Å². The van der Waals surface area contributed by atoms with E-state index in [2.05, 4.69) is 14.9 Å². The van der Waals surface area contributed by atoms with E-state index in [0.29, 0.717) is 43.1 Å². The van der Waals surface area contributed by atoms with Crippen LogP contribution in [0.2, 0.25) is 0 Å². The first-order valence-electron chi connectivity index (χ1n) is 11.7. The molecule has 0 saturated carbocycles. The van der Waals surface area contributed by atoms with Crippen LogP contribution < -0.4 is 9.80 Å². The second-order valence-corrected chi connectivity index (χ2v) is 12.1. The third-order valence-electron chi connectivity index (χ3n) is 6.40. The highest BCUT2D eigenvalue weighted by Gasteiger charge is 2.31. The number of halogens is 1. The maximum absolute atomic E-state index is 14.9. The molecule has 1 saturated heterocycles. The van der Waals surface area contributed by atoms with Gasteiger partial charge >= 0.3 is 6.09 Å². The van der Waals surface area contributed by atoms with E-state index in [1.807, 2.05) is 38.8 Å². The van der Waals surface area contributed by atoms with E-state index in [1.165, 1.54) is 12.4 Å². The van der Waals surface area contributed by atoms with Gasteiger partial charge in [0.2, 0.25) is 0 Å². The minimum absolute atomic E-state index is 0.192. The highest BCUT2D eigenvalue weighted by Crippen LogP contribution is 2.38. The van der Waals surface area contributed by atoms with Crippen molar-refractivity contribution < 1.29 is 22.3 Å². The van der Waals surface area contributed by atoms with Crippen molar-refractivity contribution in [1.29, 1.82) is 0 Å². The van der Waals surface area contributed by atoms with Gasteiger partial charge in [0.25, 0.3) is 0 Å². The summed E-state index contributed by atoms with van der Waals surface area (Å²) in [5, 5.41) is 0. The maximum atomic E-state index is 14.9. The van der Waals surface area contributed by atoms with Gasteiger partial charge in [-0.3, -0.25) is 0 Å². The van der Waals surface area contributed by atoms with Crippen molar-refractivity contribution in [2.45, 2.75) is 56.6 Å². The molecule has 2 aliphatic heterocycles. The summed E-state index contributed by atoms with van der Waals surface area (Å²) < 4.78 is 44.2. The Morgan fingerprint density at radius 2 is 1.86 bits per heavy atom. The molecule has 35 heavy (non-hydrogen) atoms. The molecule has 0 N–H and O–H groups in total. The molecule has 0 unspecified atom stereocenters. The van der Waals surface area contributed by atoms with Crippen molar-refractivity contribution in [3.05, 3.63) is 35.9 Å². The quantitative estimate of drug-likeness (QED) is 0.623. The zero-order chi connectivity index (χ0) is 25.5. The monoisotopic (exact) mass is 505 g/mol. The Balaban J connectivity index is 1.47. The minimum atomic E-state index is -3.64. The second kappa shape index (κ2) is 9.25. The number of hydrogen-bond donors (Lipinski definition) is 0. The lowest BCUT2D eigenvalue weighted by Gasteiger charge is -2.37. The Labute approximate surface area is 205 Å². The topological polar surface area (TPSA) is 95.9 Å². The molecule has 1 amide bonds. The van der Waals surface area contributed by atoms with Crippen LogP contribution in [0.25, 0.3) is 0 Å². The summed E-state index contributed by atoms with van der Waals surface area (Å²) >= 11 is 0. The highest BCUT2D eigenvalue weighted by atomic mass is 32.2. The Kier molecular flexibility index (Phi) is 6.65. The molecule has 3 heterocycles. The molecule has 0 atom stereocenters. The Morgan fingerprint density at radius 1 is 1.17 bits per heavy atom. The smallest absolute Gasteiger partial charge is 0.410 e. The lowest BCUT2D eigenvalue weighted by molar-refractivity contribution is 0.0205. The van der Waals surface area contributed by atoms with Gasteiger partial charge in [0.05, 0.1) is 0 Å². The van der Waals surface area contributed by atoms with Crippen molar-refractivity contribution in [2.75, 3.05) is 42.7 Å². The number of anilines is 3. The van der Waals surface area contributed by atoms with E-state index in [4.69, 9.17) is 4.74 Å². The summed E-state index contributed by atoms with van der Waals surface area (Å²) in [7, 11) is -1.68. The number of hydrogen-bond acceptors (Lipinski definition) is 8. The average molecular weight is 506 g/mol. The van der Waals surface area contributed by atoms with Crippen LogP contribution in [0.4, 0.5) is 26.5 Å². The zero-order valence-electron chi connectivity index (χ0n) is 20.8. The van der Waals surface area contributed by atoms with Gasteiger partial charge in [-0.25, -0.2) is 27.6 Å². The fourth-order valence-corrected chi connectivity index (χ4v) is 5.34. The standard InChI is InChI=1S/C24H32FN5O4S/c1-24(2,3)34-23(31)29-11-8-16(9-12-29)28(4)20-14-21(27-15-26-20)30-13-10-17-18(30)6-7-19(22(17)25)35(5,32)33/h6-7,14-16H,8-13H2,1-5H3. The Hall–Kier alpha value is -2.95. The van der Waals surface area contributed by atoms with E-state index in [-0.39, 0.29) is 17.0 Å². The number of amides is 1. The van der Waals surface area contributed by atoms with Crippen molar-refractivity contribution in [3.8, 4) is 0 Å². The number of carbonyl (C=O) groups is 1. The summed E-state index contributed by atoms with van der Waals surface area (Å²) in [6, 6.07) is 5.00. The SMILES string of the molecule is CN(c1cc(N2CCc3c2ccc(S(C)(=O)=O)c3F)ncn1)C1CCN(C(=O)OC(C)(C)C)CC1. The number of nitrogens with zero attached hydrogens (tertiary/aromatic N) is 5. The van der Waals surface area contributed by atoms with Crippen LogP contribution in [0.5, 0.6) is 0 Å². The molecule has 190 valence electrons. The van der Waals surface area contributed by atoms with E-state index in [0.717, 1.165) is 24.9 Å². The average Bonchev–Trinajstić information content (AvgIpc) is 3.22. The largest absolute Gasteiger partial charge is 0.444 e. The van der Waals surface area contributed by atoms with E-state index in [9.17, 15) is 17.6 Å². The lowest BCUT2D eigenvalue weighted by atomic mass is 10.0. The van der Waals surface area contributed by atoms with Gasteiger partial charge in [-0.15, -0.1) is 0 Å². The molecule has 0 spiro atoms. The summed E-state index contributed by atoms with van der Waals surface area (Å²) in [5.74, 6) is 0.668. The molecule has 2 aliphatic rings. The summed E-state index contributed by atoms with van der Waals surface area (Å²) in [5.41, 5.74) is 0.481. The third-order valence-corrected chi connectivity index (χ3v) is 7.51. The van der Waals surface area contributed by atoms with Crippen LogP contribution in [-0.4, -0.2) is 74.0 Å². The van der Waals surface area contributed by atoms with Gasteiger partial charge in [-0.1, -0.05) is 0 Å². The van der Waals surface area contributed by atoms with Gasteiger partial charge < -0.3 is 19.4 Å². The Morgan fingerprint density at radius 3 is 2.49 bits per heavy atom. The molecule has 2 aromatic rings. The number of piperidine rings is 1. The number of benzene rings is 1. The van der Waals surface area contributed by atoms with Crippen molar-refractivity contribution in [2.24, 2.45) is 0 Å². The zero-order valence-corrected chi connectivity index (χ0v) is 21.6. The summed E-state index contributed by atoms with van der Waals surface area (Å²) in [4.78, 5) is 26.6. The van der Waals surface area contributed by atoms with Crippen molar-refractivity contribution in [3.63, 3.8) is 0 Å². The van der Waals surface area contributed by atoms with E-state index < -0.39 is 21.3 Å². The van der Waals surface area contributed by atoms with Gasteiger partial charge in [-0.2, -0.15) is 0 Å². The second-order valence-electron chi connectivity index (χ2n) is 10.1. The molecule has 1 fully saturated rings.